The summed E-state index contributed by atoms with van der Waals surface area (Å²) in [6, 6.07) is 3.41. The molecule has 0 aliphatic heterocycles. The number of hydrogen-bond acceptors (Lipinski definition) is 4. The topological polar surface area (TPSA) is 56.3 Å². The van der Waals surface area contributed by atoms with Crippen molar-refractivity contribution in [2.24, 2.45) is 0 Å². The highest BCUT2D eigenvalue weighted by atomic mass is 28.4. The number of aromatic nitrogens is 1. The van der Waals surface area contributed by atoms with Crippen LogP contribution in [0.15, 0.2) is 24.5 Å². The average Bonchev–Trinajstić information content (AvgIpc) is 2.35. The molecular formula is C15H23NO3Si. The summed E-state index contributed by atoms with van der Waals surface area (Å²) in [5, 5.41) is -0.0178. The molecule has 0 amide bonds. The maximum Gasteiger partial charge on any atom is 0.292 e. The molecule has 110 valence electrons. The van der Waals surface area contributed by atoms with E-state index in [0.29, 0.717) is 5.56 Å². The fraction of sp³-hybridized carbons (Fsp3) is 0.533. The Bertz CT molecular complexity index is 478. The second-order valence-corrected chi connectivity index (χ2v) is 11.1. The number of rotatable bonds is 5. The summed E-state index contributed by atoms with van der Waals surface area (Å²) in [4.78, 5) is 27.7. The van der Waals surface area contributed by atoms with E-state index in [1.165, 1.54) is 6.20 Å². The van der Waals surface area contributed by atoms with Crippen molar-refractivity contribution in [3.05, 3.63) is 30.1 Å². The van der Waals surface area contributed by atoms with Crippen LogP contribution in [0, 0.1) is 0 Å². The van der Waals surface area contributed by atoms with E-state index in [1.807, 2.05) is 13.1 Å². The first-order chi connectivity index (χ1) is 9.13. The van der Waals surface area contributed by atoms with E-state index in [2.05, 4.69) is 25.8 Å². The van der Waals surface area contributed by atoms with Crippen LogP contribution in [0.2, 0.25) is 18.1 Å². The third-order valence-electron chi connectivity index (χ3n) is 3.71. The van der Waals surface area contributed by atoms with Gasteiger partial charge in [-0.2, -0.15) is 0 Å². The van der Waals surface area contributed by atoms with Gasteiger partial charge in [0.25, 0.3) is 14.3 Å². The lowest BCUT2D eigenvalue weighted by Gasteiger charge is -2.35. The smallest absolute Gasteiger partial charge is 0.292 e. The highest BCUT2D eigenvalue weighted by molar-refractivity contribution is 6.75. The van der Waals surface area contributed by atoms with Crippen LogP contribution in [-0.2, 0) is 9.22 Å². The maximum atomic E-state index is 11.9. The van der Waals surface area contributed by atoms with Crippen LogP contribution in [0.3, 0.4) is 0 Å². The maximum absolute atomic E-state index is 11.9. The van der Waals surface area contributed by atoms with Crippen molar-refractivity contribution in [1.82, 2.24) is 4.98 Å². The standard InChI is InChI=1S/C15H23NO3Si/c1-15(2,3)20(4,5)19-14(18)9-8-13(17)12-7-6-10-16-11-12/h6-7,10-11H,8-9H2,1-5H3. The average molecular weight is 293 g/mol. The van der Waals surface area contributed by atoms with E-state index in [-0.39, 0.29) is 29.6 Å². The molecule has 0 N–H and O–H groups in total. The second-order valence-electron chi connectivity index (χ2n) is 6.40. The first kappa shape index (κ1) is 16.6. The lowest BCUT2D eigenvalue weighted by Crippen LogP contribution is -2.42. The van der Waals surface area contributed by atoms with Crippen LogP contribution in [-0.4, -0.2) is 25.1 Å². The molecule has 0 radical (unpaired) electrons. The second kappa shape index (κ2) is 6.30. The molecule has 0 aliphatic carbocycles. The third-order valence-corrected chi connectivity index (χ3v) is 8.07. The van der Waals surface area contributed by atoms with Crippen LogP contribution in [0.4, 0.5) is 0 Å². The molecule has 0 fully saturated rings. The van der Waals surface area contributed by atoms with E-state index in [4.69, 9.17) is 4.43 Å². The molecule has 5 heteroatoms. The predicted octanol–water partition coefficient (Wildman–Crippen LogP) is 3.59. The lowest BCUT2D eigenvalue weighted by molar-refractivity contribution is -0.135. The van der Waals surface area contributed by atoms with Crippen molar-refractivity contribution in [1.29, 1.82) is 0 Å². The molecule has 0 aromatic carbocycles. The van der Waals surface area contributed by atoms with Crippen LogP contribution >= 0.6 is 0 Å². The zero-order chi connectivity index (χ0) is 15.4. The molecule has 1 aromatic rings. The molecule has 20 heavy (non-hydrogen) atoms. The summed E-state index contributed by atoms with van der Waals surface area (Å²) in [5.74, 6) is -0.362. The first-order valence-corrected chi connectivity index (χ1v) is 9.69. The Morgan fingerprint density at radius 3 is 2.40 bits per heavy atom. The minimum Gasteiger partial charge on any atom is -0.519 e. The number of ketones is 1. The molecule has 0 spiro atoms. The van der Waals surface area contributed by atoms with Crippen molar-refractivity contribution in [3.8, 4) is 0 Å². The van der Waals surface area contributed by atoms with Gasteiger partial charge in [0.05, 0.1) is 6.42 Å². The lowest BCUT2D eigenvalue weighted by atomic mass is 10.1. The van der Waals surface area contributed by atoms with Crippen LogP contribution < -0.4 is 0 Å². The number of carbonyl (C=O) groups is 2. The van der Waals surface area contributed by atoms with Crippen molar-refractivity contribution in [2.45, 2.75) is 51.7 Å². The fourth-order valence-electron chi connectivity index (χ4n) is 1.38. The Labute approximate surface area is 121 Å². The largest absolute Gasteiger partial charge is 0.519 e. The zero-order valence-electron chi connectivity index (χ0n) is 12.9. The van der Waals surface area contributed by atoms with Crippen molar-refractivity contribution in [2.75, 3.05) is 0 Å². The van der Waals surface area contributed by atoms with Crippen LogP contribution in [0.1, 0.15) is 44.0 Å². The Morgan fingerprint density at radius 2 is 1.90 bits per heavy atom. The van der Waals surface area contributed by atoms with Gasteiger partial charge in [0.1, 0.15) is 0 Å². The van der Waals surface area contributed by atoms with E-state index in [1.54, 1.807) is 18.3 Å². The monoisotopic (exact) mass is 293 g/mol. The molecule has 0 unspecified atom stereocenters. The van der Waals surface area contributed by atoms with Gasteiger partial charge in [0.15, 0.2) is 5.78 Å². The highest BCUT2D eigenvalue weighted by Crippen LogP contribution is 2.36. The molecule has 0 saturated carbocycles. The molecular weight excluding hydrogens is 270 g/mol. The fourth-order valence-corrected chi connectivity index (χ4v) is 2.35. The third kappa shape index (κ3) is 4.56. The number of Topliss-reactive ketones (excluding diaryl/α,β-unsaturated/α-hetero) is 1. The quantitative estimate of drug-likeness (QED) is 0.615. The van der Waals surface area contributed by atoms with E-state index in [0.717, 1.165) is 0 Å². The first-order valence-electron chi connectivity index (χ1n) is 6.78. The van der Waals surface area contributed by atoms with Gasteiger partial charge in [-0.05, 0) is 30.3 Å². The number of pyridine rings is 1. The number of carbonyl (C=O) groups excluding carboxylic acids is 2. The molecule has 0 bridgehead atoms. The molecule has 1 aromatic heterocycles. The Morgan fingerprint density at radius 1 is 1.25 bits per heavy atom. The number of hydrogen-bond donors (Lipinski definition) is 0. The zero-order valence-corrected chi connectivity index (χ0v) is 13.9. The van der Waals surface area contributed by atoms with Crippen LogP contribution in [0.5, 0.6) is 0 Å². The summed E-state index contributed by atoms with van der Waals surface area (Å²) >= 11 is 0. The summed E-state index contributed by atoms with van der Waals surface area (Å²) < 4.78 is 5.62. The minimum atomic E-state index is -2.09. The Hall–Kier alpha value is -1.49. The van der Waals surface area contributed by atoms with Gasteiger partial charge in [-0.3, -0.25) is 14.6 Å². The predicted molar refractivity (Wildman–Crippen MR) is 81.1 cm³/mol. The van der Waals surface area contributed by atoms with Gasteiger partial charge in [-0.1, -0.05) is 20.8 Å². The minimum absolute atomic E-state index is 0.0178. The van der Waals surface area contributed by atoms with Crippen molar-refractivity contribution >= 4 is 20.1 Å². The molecule has 4 nitrogen and oxygen atoms in total. The van der Waals surface area contributed by atoms with E-state index in [9.17, 15) is 9.59 Å². The van der Waals surface area contributed by atoms with Gasteiger partial charge in [0.2, 0.25) is 0 Å². The molecule has 1 heterocycles. The van der Waals surface area contributed by atoms with E-state index >= 15 is 0 Å². The Balaban J connectivity index is 2.51. The number of nitrogens with zero attached hydrogens (tertiary/aromatic N) is 1. The van der Waals surface area contributed by atoms with Gasteiger partial charge in [-0.15, -0.1) is 0 Å². The van der Waals surface area contributed by atoms with Gasteiger partial charge >= 0.3 is 0 Å². The van der Waals surface area contributed by atoms with Gasteiger partial charge < -0.3 is 4.43 Å². The summed E-state index contributed by atoms with van der Waals surface area (Å²) in [6.07, 6.45) is 3.42. The molecule has 1 rings (SSSR count). The summed E-state index contributed by atoms with van der Waals surface area (Å²) in [6.45, 7) is 10.3. The molecule has 0 saturated heterocycles. The van der Waals surface area contributed by atoms with Crippen molar-refractivity contribution < 1.29 is 14.0 Å². The highest BCUT2D eigenvalue weighted by Gasteiger charge is 2.40. The van der Waals surface area contributed by atoms with Gasteiger partial charge in [0, 0.05) is 24.4 Å². The van der Waals surface area contributed by atoms with E-state index < -0.39 is 8.32 Å². The Kier molecular flexibility index (Phi) is 5.22. The van der Waals surface area contributed by atoms with Crippen molar-refractivity contribution in [3.63, 3.8) is 0 Å². The summed E-state index contributed by atoms with van der Waals surface area (Å²) in [5.41, 5.74) is 0.535. The normalized spacial score (nSPS) is 12.1. The van der Waals surface area contributed by atoms with Gasteiger partial charge in [-0.25, -0.2) is 0 Å². The summed E-state index contributed by atoms with van der Waals surface area (Å²) in [7, 11) is -2.09. The molecule has 0 aliphatic rings. The van der Waals surface area contributed by atoms with Crippen LogP contribution in [0.25, 0.3) is 0 Å². The molecule has 0 atom stereocenters. The SMILES string of the molecule is CC(C)(C)[Si](C)(C)OC(=O)CCC(=O)c1cccnc1.